The summed E-state index contributed by atoms with van der Waals surface area (Å²) < 4.78 is 14.0. The molecule has 1 unspecified atom stereocenters. The normalized spacial score (nSPS) is 14.7. The van der Waals surface area contributed by atoms with Gasteiger partial charge in [-0.2, -0.15) is 0 Å². The first-order valence-corrected chi connectivity index (χ1v) is 12.1. The van der Waals surface area contributed by atoms with Crippen LogP contribution in [-0.2, 0) is 6.42 Å². The smallest absolute Gasteiger partial charge is 0.125 e. The van der Waals surface area contributed by atoms with Gasteiger partial charge in [-0.1, -0.05) is 56.6 Å². The highest BCUT2D eigenvalue weighted by Crippen LogP contribution is 2.48. The fraction of sp³-hybridized carbons (Fsp3) is 0.393. The summed E-state index contributed by atoms with van der Waals surface area (Å²) in [5, 5.41) is 0.851. The molecule has 5 heteroatoms. The van der Waals surface area contributed by atoms with E-state index in [0.717, 1.165) is 65.1 Å². The number of hydrogen-bond donors (Lipinski definition) is 0. The van der Waals surface area contributed by atoms with Gasteiger partial charge in [0.05, 0.1) is 27.1 Å². The molecule has 2 nitrogen and oxygen atoms in total. The van der Waals surface area contributed by atoms with Crippen LogP contribution in [0.25, 0.3) is 5.57 Å². The first-order chi connectivity index (χ1) is 15.4. The molecule has 1 aliphatic rings. The summed E-state index contributed by atoms with van der Waals surface area (Å²) in [6, 6.07) is 2.82. The fourth-order valence-corrected chi connectivity index (χ4v) is 5.40. The van der Waals surface area contributed by atoms with Crippen molar-refractivity contribution in [3.63, 3.8) is 0 Å². The van der Waals surface area contributed by atoms with E-state index >= 15 is 0 Å². The average Bonchev–Trinajstić information content (AvgIpc) is 2.67. The van der Waals surface area contributed by atoms with Crippen molar-refractivity contribution < 1.29 is 4.39 Å². The van der Waals surface area contributed by atoms with E-state index in [1.54, 1.807) is 6.20 Å². The van der Waals surface area contributed by atoms with Crippen LogP contribution < -0.4 is 4.90 Å². The van der Waals surface area contributed by atoms with E-state index in [4.69, 9.17) is 28.2 Å². The molecule has 1 aromatic heterocycles. The van der Waals surface area contributed by atoms with Crippen LogP contribution in [0, 0.1) is 24.1 Å². The Labute approximate surface area is 207 Å². The first kappa shape index (κ1) is 25.5. The number of nitrogens with zero attached hydrogens (tertiary/aromatic N) is 2. The van der Waals surface area contributed by atoms with Crippen LogP contribution >= 0.6 is 23.2 Å². The van der Waals surface area contributed by atoms with Crippen LogP contribution in [0.1, 0.15) is 63.8 Å². The molecule has 0 bridgehead atoms. The largest absolute Gasteiger partial charge is 0.310 e. The minimum absolute atomic E-state index is 0.248. The third-order valence-electron chi connectivity index (χ3n) is 6.00. The Morgan fingerprint density at radius 1 is 1.15 bits per heavy atom. The number of pyridine rings is 1. The van der Waals surface area contributed by atoms with E-state index in [1.165, 1.54) is 12.1 Å². The minimum atomic E-state index is -0.363. The van der Waals surface area contributed by atoms with Gasteiger partial charge in [0, 0.05) is 17.5 Å². The maximum atomic E-state index is 14.0. The molecule has 2 heterocycles. The SMILES string of the molecule is C=CCC(CCc1ncc(Cl)c2c1C(=C)C=C(C)N2c1c(C)cc(F)cc1Cl)CC(C)(C)C. The summed E-state index contributed by atoms with van der Waals surface area (Å²) in [6.07, 6.45) is 9.62. The molecule has 1 aliphatic heterocycles. The summed E-state index contributed by atoms with van der Waals surface area (Å²) in [5.74, 6) is 0.160. The van der Waals surface area contributed by atoms with Gasteiger partial charge in [0.1, 0.15) is 5.82 Å². The third kappa shape index (κ3) is 5.70. The number of rotatable bonds is 7. The van der Waals surface area contributed by atoms with Gasteiger partial charge in [0.25, 0.3) is 0 Å². The van der Waals surface area contributed by atoms with Crippen molar-refractivity contribution in [1.82, 2.24) is 4.98 Å². The van der Waals surface area contributed by atoms with Crippen molar-refractivity contribution in [2.45, 2.75) is 60.3 Å². The fourth-order valence-electron chi connectivity index (χ4n) is 4.84. The molecule has 2 aromatic rings. The molecule has 33 heavy (non-hydrogen) atoms. The van der Waals surface area contributed by atoms with Crippen LogP contribution in [-0.4, -0.2) is 4.98 Å². The van der Waals surface area contributed by atoms with Crippen molar-refractivity contribution in [1.29, 1.82) is 0 Å². The number of halogens is 3. The quantitative estimate of drug-likeness (QED) is 0.362. The molecular weight excluding hydrogens is 454 g/mol. The van der Waals surface area contributed by atoms with Gasteiger partial charge in [-0.05, 0) is 80.2 Å². The molecule has 0 saturated carbocycles. The Balaban J connectivity index is 2.07. The van der Waals surface area contributed by atoms with Crippen LogP contribution in [0.15, 0.2) is 49.3 Å². The van der Waals surface area contributed by atoms with Gasteiger partial charge in [-0.25, -0.2) is 4.39 Å². The Kier molecular flexibility index (Phi) is 7.76. The highest BCUT2D eigenvalue weighted by atomic mass is 35.5. The topological polar surface area (TPSA) is 16.1 Å². The zero-order valence-electron chi connectivity index (χ0n) is 20.2. The molecule has 0 fully saturated rings. The molecule has 0 aliphatic carbocycles. The summed E-state index contributed by atoms with van der Waals surface area (Å²) in [4.78, 5) is 6.72. The van der Waals surface area contributed by atoms with Gasteiger partial charge in [0.15, 0.2) is 0 Å². The molecule has 176 valence electrons. The molecule has 0 N–H and O–H groups in total. The number of aromatic nitrogens is 1. The Morgan fingerprint density at radius 2 is 1.85 bits per heavy atom. The second-order valence-electron chi connectivity index (χ2n) is 10.2. The Morgan fingerprint density at radius 3 is 2.45 bits per heavy atom. The summed E-state index contributed by atoms with van der Waals surface area (Å²) in [7, 11) is 0. The van der Waals surface area contributed by atoms with Crippen molar-refractivity contribution in [2.75, 3.05) is 4.90 Å². The zero-order chi connectivity index (χ0) is 24.5. The van der Waals surface area contributed by atoms with Gasteiger partial charge >= 0.3 is 0 Å². The maximum Gasteiger partial charge on any atom is 0.125 e. The van der Waals surface area contributed by atoms with Crippen LogP contribution in [0.4, 0.5) is 15.8 Å². The maximum absolute atomic E-state index is 14.0. The molecule has 1 atom stereocenters. The van der Waals surface area contributed by atoms with Crippen molar-refractivity contribution >= 4 is 40.1 Å². The highest BCUT2D eigenvalue weighted by Gasteiger charge is 2.30. The lowest BCUT2D eigenvalue weighted by molar-refractivity contribution is 0.283. The lowest BCUT2D eigenvalue weighted by atomic mass is 9.80. The summed E-state index contributed by atoms with van der Waals surface area (Å²) in [6.45, 7) is 18.9. The number of aryl methyl sites for hydroxylation is 2. The Bertz CT molecular complexity index is 1090. The lowest BCUT2D eigenvalue weighted by Gasteiger charge is -2.35. The van der Waals surface area contributed by atoms with E-state index in [9.17, 15) is 4.39 Å². The molecule has 0 amide bonds. The average molecular weight is 487 g/mol. The standard InChI is InChI=1S/C28H33Cl2FN2/c1-8-9-20(15-28(5,6)7)10-11-24-25-17(2)12-19(4)33(27(25)23(30)16-32-24)26-18(3)13-21(31)14-22(26)29/h8,12-14,16,20H,1-2,9-11,15H2,3-7H3. The van der Waals surface area contributed by atoms with Gasteiger partial charge < -0.3 is 4.90 Å². The molecular formula is C28H33Cl2FN2. The van der Waals surface area contributed by atoms with E-state index in [-0.39, 0.29) is 11.2 Å². The van der Waals surface area contributed by atoms with Crippen molar-refractivity contribution in [2.24, 2.45) is 11.3 Å². The number of hydrogen-bond acceptors (Lipinski definition) is 2. The predicted octanol–water partition coefficient (Wildman–Crippen LogP) is 9.47. The molecule has 1 aromatic carbocycles. The molecule has 3 rings (SSSR count). The number of allylic oxidation sites excluding steroid dienone is 4. The van der Waals surface area contributed by atoms with E-state index in [0.29, 0.717) is 16.0 Å². The van der Waals surface area contributed by atoms with Gasteiger partial charge in [-0.3, -0.25) is 4.98 Å². The molecule has 0 saturated heterocycles. The van der Waals surface area contributed by atoms with E-state index < -0.39 is 0 Å². The predicted molar refractivity (Wildman–Crippen MR) is 141 cm³/mol. The second kappa shape index (κ2) is 10.0. The second-order valence-corrected chi connectivity index (χ2v) is 11.0. The summed E-state index contributed by atoms with van der Waals surface area (Å²) >= 11 is 13.2. The van der Waals surface area contributed by atoms with Crippen LogP contribution in [0.3, 0.4) is 0 Å². The van der Waals surface area contributed by atoms with Crippen LogP contribution in [0.5, 0.6) is 0 Å². The minimum Gasteiger partial charge on any atom is -0.310 e. The number of fused-ring (bicyclic) bond motifs is 1. The molecule has 0 spiro atoms. The van der Waals surface area contributed by atoms with Gasteiger partial charge in [0.2, 0.25) is 0 Å². The van der Waals surface area contributed by atoms with Crippen LogP contribution in [0.2, 0.25) is 10.0 Å². The first-order valence-electron chi connectivity index (χ1n) is 11.3. The van der Waals surface area contributed by atoms with E-state index in [1.807, 2.05) is 30.9 Å². The summed E-state index contributed by atoms with van der Waals surface area (Å²) in [5.41, 5.74) is 6.19. The highest BCUT2D eigenvalue weighted by molar-refractivity contribution is 6.35. The van der Waals surface area contributed by atoms with Crippen molar-refractivity contribution in [3.8, 4) is 0 Å². The molecule has 0 radical (unpaired) electrons. The van der Waals surface area contributed by atoms with Crippen molar-refractivity contribution in [3.05, 3.63) is 82.0 Å². The van der Waals surface area contributed by atoms with Gasteiger partial charge in [-0.15, -0.1) is 6.58 Å². The number of anilines is 2. The lowest BCUT2D eigenvalue weighted by Crippen LogP contribution is -2.23. The number of benzene rings is 1. The third-order valence-corrected chi connectivity index (χ3v) is 6.56. The van der Waals surface area contributed by atoms with E-state index in [2.05, 4.69) is 33.9 Å². The monoisotopic (exact) mass is 486 g/mol. The zero-order valence-corrected chi connectivity index (χ0v) is 21.7. The Hall–Kier alpha value is -2.10.